The second-order valence-corrected chi connectivity index (χ2v) is 8.71. The van der Waals surface area contributed by atoms with E-state index >= 15 is 0 Å². The highest BCUT2D eigenvalue weighted by Crippen LogP contribution is 2.20. The highest BCUT2D eigenvalue weighted by molar-refractivity contribution is 5.89. The molecule has 0 aliphatic carbocycles. The summed E-state index contributed by atoms with van der Waals surface area (Å²) in [4.78, 5) is 24.7. The summed E-state index contributed by atoms with van der Waals surface area (Å²) in [5, 5.41) is 2.29. The summed E-state index contributed by atoms with van der Waals surface area (Å²) >= 11 is 0. The smallest absolute Gasteiger partial charge is 0.338 e. The first-order chi connectivity index (χ1) is 17.6. The van der Waals surface area contributed by atoms with Crippen molar-refractivity contribution < 1.29 is 23.8 Å². The average Bonchev–Trinajstić information content (AvgIpc) is 2.94. The lowest BCUT2D eigenvalue weighted by atomic mass is 10.1. The van der Waals surface area contributed by atoms with Crippen molar-refractivity contribution in [3.05, 3.63) is 120 Å². The number of hydrogen-bond acceptors (Lipinski definition) is 5. The van der Waals surface area contributed by atoms with Crippen LogP contribution in [0.5, 0.6) is 0 Å². The second kappa shape index (κ2) is 12.8. The molecule has 0 saturated carbocycles. The molecule has 0 aromatic heterocycles. The quantitative estimate of drug-likeness (QED) is 0.179. The lowest BCUT2D eigenvalue weighted by Crippen LogP contribution is -2.36. The third-order valence-corrected chi connectivity index (χ3v) is 6.04. The molecule has 0 bridgehead atoms. The van der Waals surface area contributed by atoms with Crippen molar-refractivity contribution in [2.75, 3.05) is 0 Å². The molecule has 0 aliphatic heterocycles. The van der Waals surface area contributed by atoms with Crippen LogP contribution in [0.15, 0.2) is 103 Å². The molecule has 0 spiro atoms. The van der Waals surface area contributed by atoms with Crippen LogP contribution >= 0.6 is 0 Å². The molecular formula is C31H30O5. The van der Waals surface area contributed by atoms with Gasteiger partial charge >= 0.3 is 5.97 Å². The van der Waals surface area contributed by atoms with Crippen molar-refractivity contribution in [2.45, 2.75) is 44.9 Å². The number of fused-ring (bicyclic) bond motifs is 1. The molecule has 0 fully saturated rings. The van der Waals surface area contributed by atoms with Crippen molar-refractivity contribution in [3.63, 3.8) is 0 Å². The van der Waals surface area contributed by atoms with Crippen molar-refractivity contribution in [3.8, 4) is 0 Å². The molecule has 3 atom stereocenters. The van der Waals surface area contributed by atoms with Gasteiger partial charge in [0.05, 0.1) is 24.9 Å². The van der Waals surface area contributed by atoms with Gasteiger partial charge in [-0.2, -0.15) is 0 Å². The Morgan fingerprint density at radius 1 is 0.750 bits per heavy atom. The number of carbonyl (C=O) groups excluding carboxylic acids is 2. The monoisotopic (exact) mass is 482 g/mol. The molecule has 184 valence electrons. The van der Waals surface area contributed by atoms with Gasteiger partial charge in [-0.05, 0) is 47.0 Å². The number of aldehydes is 1. The molecule has 5 heteroatoms. The number of carbonyl (C=O) groups is 2. The van der Waals surface area contributed by atoms with Crippen LogP contribution in [0.25, 0.3) is 10.8 Å². The van der Waals surface area contributed by atoms with Crippen molar-refractivity contribution in [1.29, 1.82) is 0 Å². The zero-order valence-corrected chi connectivity index (χ0v) is 20.3. The molecule has 4 aromatic carbocycles. The number of esters is 1. The molecular weight excluding hydrogens is 452 g/mol. The molecule has 4 rings (SSSR count). The standard InChI is InChI=1S/C31H30O5/c1-23(34-22-25-16-17-26-12-8-9-15-28(26)18-25)30(36-31(33)27-13-6-3-7-14-27)19-29(20-32)35-21-24-10-4-2-5-11-24/h2-18,20,23,29-30H,19,21-22H2,1H3/t23-,29-,30-/m0/s1. The Morgan fingerprint density at radius 3 is 2.11 bits per heavy atom. The molecule has 0 amide bonds. The van der Waals surface area contributed by atoms with E-state index < -0.39 is 24.3 Å². The molecule has 5 nitrogen and oxygen atoms in total. The molecule has 0 aliphatic rings. The molecule has 4 aromatic rings. The van der Waals surface area contributed by atoms with E-state index in [4.69, 9.17) is 14.2 Å². The third-order valence-electron chi connectivity index (χ3n) is 6.04. The molecule has 0 radical (unpaired) electrons. The van der Waals surface area contributed by atoms with Gasteiger partial charge < -0.3 is 19.0 Å². The Kier molecular flexibility index (Phi) is 8.98. The van der Waals surface area contributed by atoms with Gasteiger partial charge in [0.2, 0.25) is 0 Å². The predicted molar refractivity (Wildman–Crippen MR) is 140 cm³/mol. The van der Waals surface area contributed by atoms with E-state index in [2.05, 4.69) is 24.3 Å². The summed E-state index contributed by atoms with van der Waals surface area (Å²) in [7, 11) is 0. The molecule has 0 heterocycles. The van der Waals surface area contributed by atoms with E-state index in [1.165, 1.54) is 0 Å². The Balaban J connectivity index is 1.44. The van der Waals surface area contributed by atoms with Gasteiger partial charge in [-0.3, -0.25) is 0 Å². The van der Waals surface area contributed by atoms with Crippen molar-refractivity contribution >= 4 is 23.0 Å². The summed E-state index contributed by atoms with van der Waals surface area (Å²) in [6, 6.07) is 32.7. The lowest BCUT2D eigenvalue weighted by Gasteiger charge is -2.27. The molecule has 0 saturated heterocycles. The van der Waals surface area contributed by atoms with Crippen LogP contribution in [0.4, 0.5) is 0 Å². The Labute approximate surface area is 211 Å². The average molecular weight is 483 g/mol. The van der Waals surface area contributed by atoms with E-state index in [0.29, 0.717) is 12.2 Å². The minimum absolute atomic E-state index is 0.188. The van der Waals surface area contributed by atoms with E-state index in [1.807, 2.05) is 61.5 Å². The summed E-state index contributed by atoms with van der Waals surface area (Å²) in [6.45, 7) is 2.49. The first-order valence-corrected chi connectivity index (χ1v) is 12.1. The van der Waals surface area contributed by atoms with Crippen LogP contribution < -0.4 is 0 Å². The van der Waals surface area contributed by atoms with Crippen molar-refractivity contribution in [2.24, 2.45) is 0 Å². The fourth-order valence-corrected chi connectivity index (χ4v) is 3.95. The van der Waals surface area contributed by atoms with Gasteiger partial charge in [0.15, 0.2) is 0 Å². The molecule has 0 N–H and O–H groups in total. The highest BCUT2D eigenvalue weighted by atomic mass is 16.6. The van der Waals surface area contributed by atoms with E-state index in [0.717, 1.165) is 28.2 Å². The summed E-state index contributed by atoms with van der Waals surface area (Å²) < 4.78 is 17.8. The number of hydrogen-bond donors (Lipinski definition) is 0. The summed E-state index contributed by atoms with van der Waals surface area (Å²) in [5.41, 5.74) is 2.42. The first-order valence-electron chi connectivity index (χ1n) is 12.1. The Bertz CT molecular complexity index is 1260. The largest absolute Gasteiger partial charge is 0.456 e. The number of ether oxygens (including phenoxy) is 3. The third kappa shape index (κ3) is 7.11. The van der Waals surface area contributed by atoms with Crippen LogP contribution in [0.1, 0.15) is 34.8 Å². The van der Waals surface area contributed by atoms with E-state index in [1.54, 1.807) is 24.3 Å². The highest BCUT2D eigenvalue weighted by Gasteiger charge is 2.27. The number of benzene rings is 4. The first kappa shape index (κ1) is 25.3. The number of rotatable bonds is 12. The topological polar surface area (TPSA) is 61.8 Å². The van der Waals surface area contributed by atoms with Crippen LogP contribution in [0.3, 0.4) is 0 Å². The Morgan fingerprint density at radius 2 is 1.39 bits per heavy atom. The van der Waals surface area contributed by atoms with Gasteiger partial charge in [0.25, 0.3) is 0 Å². The van der Waals surface area contributed by atoms with Gasteiger partial charge in [0, 0.05) is 6.42 Å². The maximum Gasteiger partial charge on any atom is 0.338 e. The zero-order chi connectivity index (χ0) is 25.2. The van der Waals surface area contributed by atoms with Gasteiger partial charge in [-0.15, -0.1) is 0 Å². The minimum atomic E-state index is -0.745. The normalized spacial score (nSPS) is 13.6. The van der Waals surface area contributed by atoms with Crippen LogP contribution in [-0.4, -0.2) is 30.6 Å². The maximum atomic E-state index is 12.8. The lowest BCUT2D eigenvalue weighted by molar-refractivity contribution is -0.124. The summed E-state index contributed by atoms with van der Waals surface area (Å²) in [5.74, 6) is -0.463. The van der Waals surface area contributed by atoms with E-state index in [9.17, 15) is 9.59 Å². The van der Waals surface area contributed by atoms with E-state index in [-0.39, 0.29) is 13.0 Å². The van der Waals surface area contributed by atoms with Gasteiger partial charge in [-0.25, -0.2) is 4.79 Å². The molecule has 36 heavy (non-hydrogen) atoms. The zero-order valence-electron chi connectivity index (χ0n) is 20.3. The summed E-state index contributed by atoms with van der Waals surface area (Å²) in [6.07, 6.45) is -0.947. The maximum absolute atomic E-state index is 12.8. The van der Waals surface area contributed by atoms with Crippen LogP contribution in [-0.2, 0) is 32.2 Å². The Hall–Kier alpha value is -3.80. The van der Waals surface area contributed by atoms with Gasteiger partial charge in [-0.1, -0.05) is 84.9 Å². The van der Waals surface area contributed by atoms with Gasteiger partial charge in [0.1, 0.15) is 18.5 Å². The molecule has 0 unspecified atom stereocenters. The predicted octanol–water partition coefficient (Wildman–Crippen LogP) is 6.14. The minimum Gasteiger partial charge on any atom is -0.456 e. The van der Waals surface area contributed by atoms with Crippen LogP contribution in [0.2, 0.25) is 0 Å². The van der Waals surface area contributed by atoms with Crippen LogP contribution in [0, 0.1) is 0 Å². The fourth-order valence-electron chi connectivity index (χ4n) is 3.95. The van der Waals surface area contributed by atoms with Crippen molar-refractivity contribution in [1.82, 2.24) is 0 Å². The SMILES string of the molecule is C[C@H](OCc1ccc2ccccc2c1)[C@H](C[C@@H](C=O)OCc1ccccc1)OC(=O)c1ccccc1. The fraction of sp³-hybridized carbons (Fsp3) is 0.226. The second-order valence-electron chi connectivity index (χ2n) is 8.71.